The van der Waals surface area contributed by atoms with Crippen LogP contribution in [0.3, 0.4) is 0 Å². The molecule has 4 rings (SSSR count). The van der Waals surface area contributed by atoms with E-state index in [1.54, 1.807) is 23.5 Å². The minimum absolute atomic E-state index is 0.203. The number of thiophene rings is 1. The minimum Gasteiger partial charge on any atom is -0.271 e. The summed E-state index contributed by atoms with van der Waals surface area (Å²) in [6.07, 6.45) is 0. The largest absolute Gasteiger partial charge is 0.335 e. The highest BCUT2D eigenvalue weighted by molar-refractivity contribution is 7.84. The number of halogens is 1. The molecule has 158 valence electrons. The predicted molar refractivity (Wildman–Crippen MR) is 117 cm³/mol. The van der Waals surface area contributed by atoms with Crippen molar-refractivity contribution in [3.05, 3.63) is 62.5 Å². The fraction of sp³-hybridized carbons (Fsp3) is 0.316. The van der Waals surface area contributed by atoms with Crippen molar-refractivity contribution in [2.24, 2.45) is 4.99 Å². The van der Waals surface area contributed by atoms with E-state index in [4.69, 9.17) is 20.8 Å². The maximum Gasteiger partial charge on any atom is 0.335 e. The van der Waals surface area contributed by atoms with E-state index in [1.807, 2.05) is 23.6 Å². The molecule has 0 spiro atoms. The summed E-state index contributed by atoms with van der Waals surface area (Å²) >= 11 is 7.71. The van der Waals surface area contributed by atoms with Gasteiger partial charge in [0.1, 0.15) is 16.9 Å². The van der Waals surface area contributed by atoms with Crippen LogP contribution in [0.25, 0.3) is 5.00 Å². The number of nitrogens with one attached hydrogen (secondary N) is 1. The van der Waals surface area contributed by atoms with Gasteiger partial charge in [-0.3, -0.25) is 13.7 Å². The topological polar surface area (TPSA) is 98.5 Å². The molecule has 0 radical (unpaired) electrons. The molecule has 30 heavy (non-hydrogen) atoms. The van der Waals surface area contributed by atoms with Gasteiger partial charge >= 0.3 is 10.3 Å². The van der Waals surface area contributed by atoms with Crippen LogP contribution >= 0.6 is 22.9 Å². The molecule has 1 aromatic carbocycles. The molecular formula is C19H20ClN5O3S2. The molecule has 0 amide bonds. The Kier molecular flexibility index (Phi) is 5.54. The number of aryl methyl sites for hydroxylation is 2. The van der Waals surface area contributed by atoms with Gasteiger partial charge in [0, 0.05) is 28.1 Å². The standard InChI is InChI=1S/C19H20ClN5O3S2/c1-10-11(2)29-19-16(10)17(13-5-7-14(20)8-6-13)22-15(9-28-30(26,27)21-4)18-24-23-12(3)25(18)19/h5-8,15,21H,9H2,1-4H3. The smallest absolute Gasteiger partial charge is 0.271 e. The number of aromatic nitrogens is 3. The van der Waals surface area contributed by atoms with Crippen LogP contribution < -0.4 is 4.72 Å². The molecule has 0 aliphatic carbocycles. The molecule has 3 aromatic rings. The lowest BCUT2D eigenvalue weighted by molar-refractivity contribution is 0.285. The minimum atomic E-state index is -3.87. The summed E-state index contributed by atoms with van der Waals surface area (Å²) in [5, 5.41) is 10.1. The molecule has 0 saturated carbocycles. The van der Waals surface area contributed by atoms with Gasteiger partial charge in [0.05, 0.1) is 12.3 Å². The van der Waals surface area contributed by atoms with Crippen LogP contribution in [-0.4, -0.2) is 42.5 Å². The third-order valence-electron chi connectivity index (χ3n) is 4.99. The number of rotatable bonds is 5. The number of fused-ring (bicyclic) bond motifs is 3. The van der Waals surface area contributed by atoms with Gasteiger partial charge in [0.2, 0.25) is 0 Å². The van der Waals surface area contributed by atoms with Gasteiger partial charge < -0.3 is 0 Å². The number of nitrogens with zero attached hydrogens (tertiary/aromatic N) is 4. The Morgan fingerprint density at radius 1 is 1.20 bits per heavy atom. The second-order valence-corrected chi connectivity index (χ2v) is 10.0. The van der Waals surface area contributed by atoms with Crippen LogP contribution in [0.15, 0.2) is 29.3 Å². The van der Waals surface area contributed by atoms with Crippen molar-refractivity contribution in [2.45, 2.75) is 26.8 Å². The van der Waals surface area contributed by atoms with Crippen molar-refractivity contribution in [3.8, 4) is 5.00 Å². The number of aliphatic imine (C=N–C) groups is 1. The summed E-state index contributed by atoms with van der Waals surface area (Å²) in [5.74, 6) is 1.23. The van der Waals surface area contributed by atoms with Crippen molar-refractivity contribution in [3.63, 3.8) is 0 Å². The van der Waals surface area contributed by atoms with Crippen molar-refractivity contribution in [2.75, 3.05) is 13.7 Å². The molecule has 0 fully saturated rings. The summed E-state index contributed by atoms with van der Waals surface area (Å²) in [5.41, 5.74) is 3.69. The lowest BCUT2D eigenvalue weighted by Gasteiger charge is -2.13. The zero-order chi connectivity index (χ0) is 21.6. The Morgan fingerprint density at radius 3 is 2.57 bits per heavy atom. The molecular weight excluding hydrogens is 446 g/mol. The zero-order valence-electron chi connectivity index (χ0n) is 16.8. The Balaban J connectivity index is 1.94. The SMILES string of the molecule is CNS(=O)(=O)OCC1N=C(c2ccc(Cl)cc2)c2c(sc(C)c2C)-n2c(C)nnc21. The molecule has 8 nitrogen and oxygen atoms in total. The van der Waals surface area contributed by atoms with Crippen molar-refractivity contribution >= 4 is 39.0 Å². The summed E-state index contributed by atoms with van der Waals surface area (Å²) in [6, 6.07) is 6.75. The quantitative estimate of drug-likeness (QED) is 0.623. The molecule has 1 aliphatic rings. The van der Waals surface area contributed by atoms with E-state index in [0.717, 1.165) is 32.3 Å². The second-order valence-electron chi connectivity index (χ2n) is 6.85. The summed E-state index contributed by atoms with van der Waals surface area (Å²) in [7, 11) is -2.58. The van der Waals surface area contributed by atoms with Crippen LogP contribution in [0.4, 0.5) is 0 Å². The highest BCUT2D eigenvalue weighted by Crippen LogP contribution is 2.38. The molecule has 1 atom stereocenters. The van der Waals surface area contributed by atoms with E-state index < -0.39 is 16.3 Å². The number of hydrogen-bond acceptors (Lipinski definition) is 7. The normalized spacial score (nSPS) is 16.0. The first-order chi connectivity index (χ1) is 14.2. The Labute approximate surface area is 183 Å². The van der Waals surface area contributed by atoms with Crippen LogP contribution in [0, 0.1) is 20.8 Å². The summed E-state index contributed by atoms with van der Waals surface area (Å²) in [6.45, 7) is 5.77. The van der Waals surface area contributed by atoms with Crippen molar-refractivity contribution in [1.82, 2.24) is 19.5 Å². The van der Waals surface area contributed by atoms with Gasteiger partial charge in [0.15, 0.2) is 5.82 Å². The zero-order valence-corrected chi connectivity index (χ0v) is 19.2. The molecule has 11 heteroatoms. The van der Waals surface area contributed by atoms with Gasteiger partial charge in [-0.25, -0.2) is 0 Å². The summed E-state index contributed by atoms with van der Waals surface area (Å²) in [4.78, 5) is 6.08. The number of benzene rings is 1. The van der Waals surface area contributed by atoms with Crippen molar-refractivity contribution < 1.29 is 12.6 Å². The van der Waals surface area contributed by atoms with Gasteiger partial charge in [0.25, 0.3) is 0 Å². The predicted octanol–water partition coefficient (Wildman–Crippen LogP) is 3.28. The van der Waals surface area contributed by atoms with E-state index in [9.17, 15) is 8.42 Å². The molecule has 0 bridgehead atoms. The van der Waals surface area contributed by atoms with Gasteiger partial charge in [-0.05, 0) is 38.5 Å². The maximum atomic E-state index is 11.9. The fourth-order valence-electron chi connectivity index (χ4n) is 3.32. The molecule has 3 heterocycles. The highest BCUT2D eigenvalue weighted by atomic mass is 35.5. The number of hydrogen-bond donors (Lipinski definition) is 1. The van der Waals surface area contributed by atoms with Crippen LogP contribution in [0.1, 0.15) is 39.3 Å². The average Bonchev–Trinajstić information content (AvgIpc) is 3.18. The molecule has 0 saturated heterocycles. The highest BCUT2D eigenvalue weighted by Gasteiger charge is 2.32. The van der Waals surface area contributed by atoms with E-state index in [0.29, 0.717) is 16.7 Å². The summed E-state index contributed by atoms with van der Waals surface area (Å²) < 4.78 is 32.9. The third kappa shape index (κ3) is 3.69. The van der Waals surface area contributed by atoms with Gasteiger partial charge in [-0.15, -0.1) is 21.5 Å². The monoisotopic (exact) mass is 465 g/mol. The van der Waals surface area contributed by atoms with E-state index in [1.165, 1.54) is 7.05 Å². The lowest BCUT2D eigenvalue weighted by Crippen LogP contribution is -2.24. The lowest BCUT2D eigenvalue weighted by atomic mass is 10.00. The molecule has 1 N–H and O–H groups in total. The maximum absolute atomic E-state index is 11.9. The Morgan fingerprint density at radius 2 is 1.90 bits per heavy atom. The third-order valence-corrected chi connectivity index (χ3v) is 7.38. The van der Waals surface area contributed by atoms with E-state index >= 15 is 0 Å². The van der Waals surface area contributed by atoms with Crippen molar-refractivity contribution in [1.29, 1.82) is 0 Å². The average molecular weight is 466 g/mol. The van der Waals surface area contributed by atoms with E-state index in [-0.39, 0.29) is 6.61 Å². The van der Waals surface area contributed by atoms with Crippen LogP contribution in [0.5, 0.6) is 0 Å². The second kappa shape index (κ2) is 7.86. The first kappa shape index (κ1) is 21.1. The van der Waals surface area contributed by atoms with Crippen LogP contribution in [0.2, 0.25) is 5.02 Å². The Hall–Kier alpha value is -2.11. The first-order valence-corrected chi connectivity index (χ1v) is 11.8. The van der Waals surface area contributed by atoms with Crippen LogP contribution in [-0.2, 0) is 14.5 Å². The van der Waals surface area contributed by atoms with Gasteiger partial charge in [-0.1, -0.05) is 23.7 Å². The molecule has 2 aromatic heterocycles. The van der Waals surface area contributed by atoms with E-state index in [2.05, 4.69) is 28.8 Å². The molecule has 1 unspecified atom stereocenters. The Bertz CT molecular complexity index is 1250. The fourth-order valence-corrected chi connectivity index (χ4v) is 5.09. The molecule has 1 aliphatic heterocycles. The first-order valence-electron chi connectivity index (χ1n) is 9.16. The van der Waals surface area contributed by atoms with Gasteiger partial charge in [-0.2, -0.15) is 13.1 Å².